The average molecular weight is 475 g/mol. The molecule has 2 heterocycles. The molecule has 0 amide bonds. The molecule has 0 fully saturated rings. The van der Waals surface area contributed by atoms with E-state index in [1.54, 1.807) is 18.0 Å². The molecular formula is C24H18N4OS3. The zero-order chi connectivity index (χ0) is 22.3. The minimum absolute atomic E-state index is 0.0806. The van der Waals surface area contributed by atoms with Crippen LogP contribution in [0, 0.1) is 11.3 Å². The number of thioether (sulfide) groups is 2. The Morgan fingerprint density at radius 2 is 1.81 bits per heavy atom. The summed E-state index contributed by atoms with van der Waals surface area (Å²) in [6.07, 6.45) is 3.62. The fraction of sp³-hybridized carbons (Fsp3) is 0.0833. The van der Waals surface area contributed by atoms with Gasteiger partial charge in [-0.2, -0.15) is 5.26 Å². The van der Waals surface area contributed by atoms with Crippen LogP contribution in [0.5, 0.6) is 0 Å². The number of carbonyl (C=O) groups is 1. The average Bonchev–Trinajstić information content (AvgIpc) is 3.23. The predicted octanol–water partition coefficient (Wildman–Crippen LogP) is 6.20. The van der Waals surface area contributed by atoms with Crippen LogP contribution in [0.25, 0.3) is 21.7 Å². The van der Waals surface area contributed by atoms with E-state index >= 15 is 0 Å². The Labute approximate surface area is 198 Å². The molecule has 4 aromatic rings. The summed E-state index contributed by atoms with van der Waals surface area (Å²) in [6.45, 7) is 0.172. The molecule has 0 bridgehead atoms. The topological polar surface area (TPSA) is 78.7 Å². The van der Waals surface area contributed by atoms with Crippen LogP contribution in [-0.4, -0.2) is 27.9 Å². The summed E-state index contributed by atoms with van der Waals surface area (Å²) < 4.78 is 0.942. The van der Waals surface area contributed by atoms with E-state index in [2.05, 4.69) is 21.4 Å². The quantitative estimate of drug-likeness (QED) is 0.252. The number of hydrogen-bond donors (Lipinski definition) is 1. The minimum atomic E-state index is -0.0806. The minimum Gasteiger partial charge on any atom is -0.377 e. The van der Waals surface area contributed by atoms with E-state index < -0.39 is 0 Å². The number of benzene rings is 2. The van der Waals surface area contributed by atoms with Crippen LogP contribution < -0.4 is 5.32 Å². The smallest absolute Gasteiger partial charge is 0.215 e. The Bertz CT molecular complexity index is 1270. The number of carbonyl (C=O) groups excluding carboxylic acids is 1. The number of hydrogen-bond acceptors (Lipinski definition) is 8. The highest BCUT2D eigenvalue weighted by atomic mass is 32.2. The number of nitriles is 1. The van der Waals surface area contributed by atoms with Gasteiger partial charge in [0.2, 0.25) is 5.12 Å². The van der Waals surface area contributed by atoms with Gasteiger partial charge in [0.15, 0.2) is 5.16 Å². The van der Waals surface area contributed by atoms with Gasteiger partial charge in [0, 0.05) is 17.4 Å². The molecule has 0 aliphatic heterocycles. The second-order valence-electron chi connectivity index (χ2n) is 6.57. The van der Waals surface area contributed by atoms with Crippen molar-refractivity contribution in [2.75, 3.05) is 18.1 Å². The van der Waals surface area contributed by atoms with Crippen LogP contribution in [0.3, 0.4) is 0 Å². The molecule has 0 spiro atoms. The lowest BCUT2D eigenvalue weighted by molar-refractivity contribution is -0.109. The maximum Gasteiger partial charge on any atom is 0.215 e. The first-order chi connectivity index (χ1) is 15.7. The van der Waals surface area contributed by atoms with Crippen LogP contribution in [0.15, 0.2) is 82.3 Å². The molecule has 0 aliphatic carbocycles. The lowest BCUT2D eigenvalue weighted by atomic mass is 10.0. The Morgan fingerprint density at radius 3 is 2.50 bits per heavy atom. The molecule has 32 heavy (non-hydrogen) atoms. The number of thiophene rings is 1. The molecule has 2 aromatic carbocycles. The zero-order valence-corrected chi connectivity index (χ0v) is 19.6. The lowest BCUT2D eigenvalue weighted by Crippen LogP contribution is -2.10. The summed E-state index contributed by atoms with van der Waals surface area (Å²) in [5.74, 6) is 0. The van der Waals surface area contributed by atoms with E-state index in [1.165, 1.54) is 11.3 Å². The summed E-state index contributed by atoms with van der Waals surface area (Å²) in [5, 5.41) is 13.2. The highest BCUT2D eigenvalue weighted by molar-refractivity contribution is 8.13. The molecule has 1 N–H and O–H groups in total. The first-order valence-corrected chi connectivity index (χ1v) is 12.5. The van der Waals surface area contributed by atoms with Gasteiger partial charge in [-0.1, -0.05) is 48.5 Å². The zero-order valence-electron chi connectivity index (χ0n) is 17.1. The first-order valence-electron chi connectivity index (χ1n) is 9.69. The van der Waals surface area contributed by atoms with Gasteiger partial charge < -0.3 is 5.32 Å². The fourth-order valence-corrected chi connectivity index (χ4v) is 5.62. The van der Waals surface area contributed by atoms with Crippen molar-refractivity contribution in [1.82, 2.24) is 9.97 Å². The highest BCUT2D eigenvalue weighted by Gasteiger charge is 2.22. The van der Waals surface area contributed by atoms with Gasteiger partial charge in [0.05, 0.1) is 26.9 Å². The maximum absolute atomic E-state index is 12.4. The fourth-order valence-electron chi connectivity index (χ4n) is 3.10. The maximum atomic E-state index is 12.4. The van der Waals surface area contributed by atoms with E-state index in [0.717, 1.165) is 37.7 Å². The van der Waals surface area contributed by atoms with E-state index in [-0.39, 0.29) is 11.7 Å². The van der Waals surface area contributed by atoms with Crippen LogP contribution >= 0.6 is 34.9 Å². The molecule has 8 heteroatoms. The molecule has 0 atom stereocenters. The van der Waals surface area contributed by atoms with Crippen molar-refractivity contribution in [1.29, 1.82) is 5.26 Å². The van der Waals surface area contributed by atoms with Crippen molar-refractivity contribution < 1.29 is 4.79 Å². The third-order valence-corrected chi connectivity index (χ3v) is 7.60. The molecule has 0 saturated heterocycles. The molecule has 0 radical (unpaired) electrons. The van der Waals surface area contributed by atoms with Gasteiger partial charge in [0.1, 0.15) is 6.07 Å². The van der Waals surface area contributed by atoms with E-state index in [0.29, 0.717) is 16.4 Å². The summed E-state index contributed by atoms with van der Waals surface area (Å²) in [7, 11) is 0. The van der Waals surface area contributed by atoms with Gasteiger partial charge in [-0.25, -0.2) is 9.97 Å². The normalized spacial score (nSPS) is 10.5. The van der Waals surface area contributed by atoms with Crippen molar-refractivity contribution in [3.8, 4) is 27.8 Å². The first kappa shape index (κ1) is 22.1. The molecule has 0 aliphatic rings. The summed E-state index contributed by atoms with van der Waals surface area (Å²) >= 11 is 4.09. The molecule has 4 rings (SSSR count). The van der Waals surface area contributed by atoms with Crippen molar-refractivity contribution in [3.63, 3.8) is 0 Å². The summed E-state index contributed by atoms with van der Waals surface area (Å²) in [4.78, 5) is 22.3. The summed E-state index contributed by atoms with van der Waals surface area (Å²) in [6, 6.07) is 23.6. The Balaban J connectivity index is 1.61. The third kappa shape index (κ3) is 5.02. The number of aromatic nitrogens is 2. The van der Waals surface area contributed by atoms with Gasteiger partial charge in [-0.05, 0) is 41.8 Å². The van der Waals surface area contributed by atoms with E-state index in [4.69, 9.17) is 0 Å². The van der Waals surface area contributed by atoms with E-state index in [9.17, 15) is 10.1 Å². The van der Waals surface area contributed by atoms with Crippen LogP contribution in [-0.2, 0) is 4.79 Å². The molecule has 158 valence electrons. The number of anilines is 1. The van der Waals surface area contributed by atoms with Gasteiger partial charge >= 0.3 is 0 Å². The van der Waals surface area contributed by atoms with Gasteiger partial charge in [-0.3, -0.25) is 4.79 Å². The number of nitrogens with zero attached hydrogens (tertiary/aromatic N) is 3. The molecule has 2 aromatic heterocycles. The summed E-state index contributed by atoms with van der Waals surface area (Å²) in [5.41, 5.74) is 4.07. The predicted molar refractivity (Wildman–Crippen MR) is 133 cm³/mol. The molecule has 0 unspecified atom stereocenters. The van der Waals surface area contributed by atoms with Crippen LogP contribution in [0.4, 0.5) is 5.69 Å². The van der Waals surface area contributed by atoms with E-state index in [1.807, 2.05) is 73.0 Å². The number of rotatable bonds is 7. The molecule has 0 saturated carbocycles. The second kappa shape index (κ2) is 10.5. The van der Waals surface area contributed by atoms with Crippen molar-refractivity contribution in [2.45, 2.75) is 9.37 Å². The molecule has 5 nitrogen and oxygen atoms in total. The number of nitrogens with one attached hydrogen (secondary N) is 1. The van der Waals surface area contributed by atoms with Crippen molar-refractivity contribution >= 4 is 45.7 Å². The van der Waals surface area contributed by atoms with Crippen molar-refractivity contribution in [3.05, 3.63) is 78.5 Å². The number of para-hydroxylation sites is 1. The second-order valence-corrected chi connectivity index (χ2v) is 9.69. The Hall–Kier alpha value is -3.12. The van der Waals surface area contributed by atoms with Gasteiger partial charge in [-0.15, -0.1) is 23.1 Å². The Kier molecular flexibility index (Phi) is 7.22. The Morgan fingerprint density at radius 1 is 1.09 bits per heavy atom. The standard InChI is InChI=1S/C24H18N4OS3/c1-30-23-18(14-25)21(16-8-4-2-5-9-16)22(32-23)19-12-13-26-24(28-19)31-20(29)15-27-17-10-6-3-7-11-17/h2-13,27H,15H2,1H3. The third-order valence-electron chi connectivity index (χ3n) is 4.52. The highest BCUT2D eigenvalue weighted by Crippen LogP contribution is 2.45. The van der Waals surface area contributed by atoms with Gasteiger partial charge in [0.25, 0.3) is 0 Å². The van der Waals surface area contributed by atoms with Crippen molar-refractivity contribution in [2.24, 2.45) is 0 Å². The SMILES string of the molecule is CSc1sc(-c2ccnc(SC(=O)CNc3ccccc3)n2)c(-c2ccccc2)c1C#N. The van der Waals surface area contributed by atoms with Crippen LogP contribution in [0.1, 0.15) is 5.56 Å². The lowest BCUT2D eigenvalue weighted by Gasteiger charge is -2.07. The molecular weight excluding hydrogens is 456 g/mol. The monoisotopic (exact) mass is 474 g/mol. The largest absolute Gasteiger partial charge is 0.377 e. The van der Waals surface area contributed by atoms with Crippen LogP contribution in [0.2, 0.25) is 0 Å².